The average Bonchev–Trinajstić information content (AvgIpc) is 2.84. The van der Waals surface area contributed by atoms with Crippen molar-refractivity contribution in [2.75, 3.05) is 58.4 Å². The molecular formula is C27H34F3N3O3. The number of benzene rings is 2. The number of hydrogen-bond acceptors (Lipinski definition) is 5. The summed E-state index contributed by atoms with van der Waals surface area (Å²) >= 11 is 0. The van der Waals surface area contributed by atoms with Crippen LogP contribution < -0.4 is 5.32 Å². The maximum Gasteiger partial charge on any atom is 0.416 e. The number of carbonyl (C=O) groups is 1. The van der Waals surface area contributed by atoms with Gasteiger partial charge in [-0.2, -0.15) is 13.2 Å². The van der Waals surface area contributed by atoms with Crippen LogP contribution in [0.3, 0.4) is 0 Å². The molecule has 0 unspecified atom stereocenters. The number of hydrogen-bond donors (Lipinski definition) is 1. The fraction of sp³-hybridized carbons (Fsp3) is 0.519. The second kappa shape index (κ2) is 11.2. The predicted octanol–water partition coefficient (Wildman–Crippen LogP) is 4.19. The molecule has 2 heterocycles. The molecule has 196 valence electrons. The van der Waals surface area contributed by atoms with E-state index in [2.05, 4.69) is 16.3 Å². The summed E-state index contributed by atoms with van der Waals surface area (Å²) < 4.78 is 51.3. The first-order valence-corrected chi connectivity index (χ1v) is 12.2. The van der Waals surface area contributed by atoms with Gasteiger partial charge >= 0.3 is 6.18 Å². The fourth-order valence-electron chi connectivity index (χ4n) is 4.90. The summed E-state index contributed by atoms with van der Waals surface area (Å²) in [5, 5.41) is 3.28. The Morgan fingerprint density at radius 3 is 2.67 bits per heavy atom. The smallest absolute Gasteiger partial charge is 0.383 e. The molecule has 1 N–H and O–H groups in total. The van der Waals surface area contributed by atoms with Gasteiger partial charge in [0.05, 0.1) is 31.9 Å². The lowest BCUT2D eigenvalue weighted by Gasteiger charge is -2.42. The molecule has 1 saturated heterocycles. The van der Waals surface area contributed by atoms with Gasteiger partial charge in [-0.25, -0.2) is 0 Å². The molecule has 4 rings (SSSR count). The molecule has 2 aliphatic rings. The molecule has 1 fully saturated rings. The summed E-state index contributed by atoms with van der Waals surface area (Å²) in [7, 11) is 1.69. The number of nitrogens with zero attached hydrogens (tertiary/aromatic N) is 2. The van der Waals surface area contributed by atoms with E-state index in [1.807, 2.05) is 19.1 Å². The lowest BCUT2D eigenvalue weighted by atomic mass is 9.87. The maximum atomic E-state index is 13.6. The zero-order valence-electron chi connectivity index (χ0n) is 20.9. The molecule has 1 amide bonds. The Balaban J connectivity index is 1.47. The first-order chi connectivity index (χ1) is 17.2. The first kappa shape index (κ1) is 26.4. The molecule has 6 nitrogen and oxygen atoms in total. The largest absolute Gasteiger partial charge is 0.416 e. The van der Waals surface area contributed by atoms with Gasteiger partial charge in [0, 0.05) is 50.9 Å². The van der Waals surface area contributed by atoms with Gasteiger partial charge in [-0.1, -0.05) is 37.3 Å². The third-order valence-electron chi connectivity index (χ3n) is 6.90. The van der Waals surface area contributed by atoms with Gasteiger partial charge in [-0.15, -0.1) is 0 Å². The molecule has 2 aliphatic heterocycles. The van der Waals surface area contributed by atoms with Crippen LogP contribution >= 0.6 is 0 Å². The zero-order chi connectivity index (χ0) is 25.8. The van der Waals surface area contributed by atoms with Crippen molar-refractivity contribution in [3.05, 3.63) is 64.7 Å². The van der Waals surface area contributed by atoms with Crippen LogP contribution in [0.4, 0.5) is 18.9 Å². The first-order valence-electron chi connectivity index (χ1n) is 12.2. The van der Waals surface area contributed by atoms with E-state index in [4.69, 9.17) is 9.47 Å². The van der Waals surface area contributed by atoms with Crippen LogP contribution in [0.2, 0.25) is 0 Å². The van der Waals surface area contributed by atoms with Gasteiger partial charge in [0.15, 0.2) is 0 Å². The Hall–Kier alpha value is -2.62. The van der Waals surface area contributed by atoms with Gasteiger partial charge in [0.25, 0.3) is 0 Å². The summed E-state index contributed by atoms with van der Waals surface area (Å²) in [5.74, 6) is -0.241. The Morgan fingerprint density at radius 2 is 1.97 bits per heavy atom. The number of rotatable bonds is 10. The van der Waals surface area contributed by atoms with Crippen molar-refractivity contribution in [1.29, 1.82) is 0 Å². The highest BCUT2D eigenvalue weighted by Gasteiger charge is 2.38. The summed E-state index contributed by atoms with van der Waals surface area (Å²) in [6.07, 6.45) is -3.62. The molecule has 36 heavy (non-hydrogen) atoms. The SMILES string of the molecule is COCCN1CCc2c(cccc2NCC(=O)N(Cc2ccccc2C(F)(F)F)CC2(C)COC2)C1. The van der Waals surface area contributed by atoms with Crippen molar-refractivity contribution in [3.8, 4) is 0 Å². The Kier molecular flexibility index (Phi) is 8.22. The van der Waals surface area contributed by atoms with E-state index in [0.717, 1.165) is 37.8 Å². The van der Waals surface area contributed by atoms with E-state index in [-0.39, 0.29) is 30.0 Å². The van der Waals surface area contributed by atoms with Gasteiger partial charge in [0.2, 0.25) is 5.91 Å². The normalized spacial score (nSPS) is 17.2. The van der Waals surface area contributed by atoms with Crippen molar-refractivity contribution in [2.24, 2.45) is 5.41 Å². The lowest BCUT2D eigenvalue weighted by molar-refractivity contribution is -0.146. The molecule has 0 aromatic heterocycles. The number of amides is 1. The molecule has 9 heteroatoms. The number of alkyl halides is 3. The van der Waals surface area contributed by atoms with Crippen molar-refractivity contribution in [2.45, 2.75) is 32.6 Å². The Labute approximate surface area is 210 Å². The standard InChI is InChI=1S/C27H34F3N3O3/c1-26(18-36-19-26)17-33(16-21-6-3-4-8-23(21)27(28,29)30)25(34)14-31-24-9-5-7-20-15-32(12-13-35-2)11-10-22(20)24/h3-9,31H,10-19H2,1-2H3. The highest BCUT2D eigenvalue weighted by molar-refractivity contribution is 5.81. The second-order valence-corrected chi connectivity index (χ2v) is 10.0. The van der Waals surface area contributed by atoms with Crippen LogP contribution in [0.5, 0.6) is 0 Å². The number of fused-ring (bicyclic) bond motifs is 1. The average molecular weight is 506 g/mol. The minimum absolute atomic E-state index is 0.00889. The summed E-state index contributed by atoms with van der Waals surface area (Å²) in [4.78, 5) is 17.2. The van der Waals surface area contributed by atoms with Crippen LogP contribution in [-0.4, -0.2) is 68.8 Å². The highest BCUT2D eigenvalue weighted by Crippen LogP contribution is 2.34. The number of halogens is 3. The Bertz CT molecular complexity index is 1060. The van der Waals surface area contributed by atoms with Gasteiger partial charge in [0.1, 0.15) is 0 Å². The zero-order valence-corrected chi connectivity index (χ0v) is 20.9. The fourth-order valence-corrected chi connectivity index (χ4v) is 4.90. The van der Waals surface area contributed by atoms with Crippen molar-refractivity contribution >= 4 is 11.6 Å². The van der Waals surface area contributed by atoms with Crippen LogP contribution in [0.15, 0.2) is 42.5 Å². The number of methoxy groups -OCH3 is 1. The minimum atomic E-state index is -4.48. The topological polar surface area (TPSA) is 54.0 Å². The van der Waals surface area contributed by atoms with Crippen LogP contribution in [0.1, 0.15) is 29.2 Å². The lowest BCUT2D eigenvalue weighted by Crippen LogP contribution is -2.51. The van der Waals surface area contributed by atoms with E-state index in [1.165, 1.54) is 28.2 Å². The quantitative estimate of drug-likeness (QED) is 0.525. The highest BCUT2D eigenvalue weighted by atomic mass is 19.4. The van der Waals surface area contributed by atoms with E-state index < -0.39 is 11.7 Å². The molecule has 0 saturated carbocycles. The molecule has 0 radical (unpaired) electrons. The molecule has 0 spiro atoms. The van der Waals surface area contributed by atoms with Gasteiger partial charge < -0.3 is 19.7 Å². The third-order valence-corrected chi connectivity index (χ3v) is 6.90. The van der Waals surface area contributed by atoms with Crippen LogP contribution in [0.25, 0.3) is 0 Å². The van der Waals surface area contributed by atoms with Gasteiger partial charge in [-0.3, -0.25) is 9.69 Å². The monoisotopic (exact) mass is 505 g/mol. The number of ether oxygens (including phenoxy) is 2. The van der Waals surface area contributed by atoms with E-state index in [1.54, 1.807) is 13.2 Å². The molecular weight excluding hydrogens is 471 g/mol. The molecule has 2 aromatic rings. The van der Waals surface area contributed by atoms with Crippen molar-refractivity contribution in [3.63, 3.8) is 0 Å². The van der Waals surface area contributed by atoms with Crippen LogP contribution in [-0.2, 0) is 40.0 Å². The number of carbonyl (C=O) groups excluding carboxylic acids is 1. The van der Waals surface area contributed by atoms with Crippen molar-refractivity contribution in [1.82, 2.24) is 9.80 Å². The van der Waals surface area contributed by atoms with Crippen LogP contribution in [0, 0.1) is 5.41 Å². The molecule has 0 bridgehead atoms. The van der Waals surface area contributed by atoms with Gasteiger partial charge in [-0.05, 0) is 35.2 Å². The molecule has 2 aromatic carbocycles. The minimum Gasteiger partial charge on any atom is -0.383 e. The summed E-state index contributed by atoms with van der Waals surface area (Å²) in [6.45, 7) is 6.46. The second-order valence-electron chi connectivity index (χ2n) is 10.0. The molecule has 0 atom stereocenters. The van der Waals surface area contributed by atoms with E-state index in [9.17, 15) is 18.0 Å². The summed E-state index contributed by atoms with van der Waals surface area (Å²) in [6, 6.07) is 11.5. The van der Waals surface area contributed by atoms with Crippen molar-refractivity contribution < 1.29 is 27.4 Å². The Morgan fingerprint density at radius 1 is 1.19 bits per heavy atom. The third kappa shape index (κ3) is 6.38. The van der Waals surface area contributed by atoms with E-state index in [0.29, 0.717) is 26.4 Å². The van der Waals surface area contributed by atoms with E-state index >= 15 is 0 Å². The number of nitrogens with one attached hydrogen (secondary N) is 1. The summed E-state index contributed by atoms with van der Waals surface area (Å²) in [5.41, 5.74) is 2.43. The maximum absolute atomic E-state index is 13.6. The molecule has 0 aliphatic carbocycles. The number of anilines is 1. The predicted molar refractivity (Wildman–Crippen MR) is 132 cm³/mol.